The highest BCUT2D eigenvalue weighted by molar-refractivity contribution is 5.37. The van der Waals surface area contributed by atoms with E-state index >= 15 is 0 Å². The van der Waals surface area contributed by atoms with E-state index in [0.29, 0.717) is 0 Å². The van der Waals surface area contributed by atoms with E-state index in [1.165, 1.54) is 0 Å². The van der Waals surface area contributed by atoms with E-state index in [0.717, 1.165) is 37.7 Å². The summed E-state index contributed by atoms with van der Waals surface area (Å²) in [6.07, 6.45) is 0. The molecule has 1 fully saturated rings. The molecule has 0 aliphatic carbocycles. The Morgan fingerprint density at radius 1 is 1.14 bits per heavy atom. The van der Waals surface area contributed by atoms with Gasteiger partial charge in [0.05, 0.1) is 5.69 Å². The van der Waals surface area contributed by atoms with Gasteiger partial charge in [0.2, 0.25) is 0 Å². The molecule has 2 rings (SSSR count). The van der Waals surface area contributed by atoms with Gasteiger partial charge in [-0.1, -0.05) is 0 Å². The molecule has 1 aliphatic rings. The van der Waals surface area contributed by atoms with Crippen molar-refractivity contribution in [1.29, 1.82) is 0 Å². The van der Waals surface area contributed by atoms with Crippen LogP contribution in [0.1, 0.15) is 5.69 Å². The fraction of sp³-hybridized carbons (Fsp3) is 0.500. The van der Waals surface area contributed by atoms with Crippen LogP contribution in [0, 0.1) is 14.0 Å². The number of nitrogens with zero attached hydrogens (tertiary/aromatic N) is 4. The number of piperazine rings is 1. The van der Waals surface area contributed by atoms with Gasteiger partial charge in [0.15, 0.2) is 5.82 Å². The third-order valence-corrected chi connectivity index (χ3v) is 2.48. The first-order chi connectivity index (χ1) is 6.75. The highest BCUT2D eigenvalue weighted by Crippen LogP contribution is 2.11. The Hall–Kier alpha value is -1.16. The minimum Gasteiger partial charge on any atom is -0.456 e. The molecule has 0 aromatic carbocycles. The smallest absolute Gasteiger partial charge is 0.151 e. The van der Waals surface area contributed by atoms with Gasteiger partial charge in [-0.05, 0) is 32.1 Å². The van der Waals surface area contributed by atoms with E-state index in [1.807, 2.05) is 19.1 Å². The maximum atomic E-state index is 4.16. The highest BCUT2D eigenvalue weighted by Gasteiger charge is 2.12. The fourth-order valence-corrected chi connectivity index (χ4v) is 1.54. The lowest BCUT2D eigenvalue weighted by molar-refractivity contribution is 0.343. The molecule has 0 saturated carbocycles. The van der Waals surface area contributed by atoms with Gasteiger partial charge < -0.3 is 9.80 Å². The van der Waals surface area contributed by atoms with Crippen LogP contribution in [0.4, 0.5) is 5.82 Å². The van der Waals surface area contributed by atoms with Crippen molar-refractivity contribution in [3.05, 3.63) is 24.9 Å². The summed E-state index contributed by atoms with van der Waals surface area (Å²) in [6, 6.07) is 4.03. The van der Waals surface area contributed by atoms with Crippen molar-refractivity contribution < 1.29 is 0 Å². The molecule has 0 N–H and O–H groups in total. The largest absolute Gasteiger partial charge is 0.456 e. The maximum Gasteiger partial charge on any atom is 0.151 e. The number of hydrogen-bond acceptors (Lipinski definition) is 4. The summed E-state index contributed by atoms with van der Waals surface area (Å²) in [7, 11) is 3.91. The van der Waals surface area contributed by atoms with Crippen LogP contribution >= 0.6 is 0 Å². The van der Waals surface area contributed by atoms with Gasteiger partial charge in [0.1, 0.15) is 0 Å². The lowest BCUT2D eigenvalue weighted by atomic mass is 10.3. The molecule has 0 unspecified atom stereocenters. The van der Waals surface area contributed by atoms with E-state index in [2.05, 4.69) is 27.0 Å². The van der Waals surface area contributed by atoms with Crippen LogP contribution in [0.15, 0.2) is 12.1 Å². The number of rotatable bonds is 1. The number of aromatic nitrogens is 2. The molecule has 0 atom stereocenters. The van der Waals surface area contributed by atoms with Gasteiger partial charge in [0.25, 0.3) is 0 Å². The number of anilines is 1. The Bertz CT molecular complexity index is 287. The van der Waals surface area contributed by atoms with E-state index in [4.69, 9.17) is 0 Å². The molecule has 4 heteroatoms. The van der Waals surface area contributed by atoms with Crippen molar-refractivity contribution in [2.24, 2.45) is 0 Å². The van der Waals surface area contributed by atoms with Gasteiger partial charge in [-0.15, -0.1) is 5.10 Å². The molecular weight excluding hydrogens is 176 g/mol. The van der Waals surface area contributed by atoms with Crippen LogP contribution in [-0.2, 0) is 0 Å². The number of aryl methyl sites for hydroxylation is 1. The second kappa shape index (κ2) is 3.92. The number of hydrogen-bond donors (Lipinski definition) is 0. The minimum absolute atomic E-state index is 0.963. The first-order valence-electron chi connectivity index (χ1n) is 4.86. The molecule has 2 heterocycles. The quantitative estimate of drug-likeness (QED) is 0.612. The lowest BCUT2D eigenvalue weighted by Crippen LogP contribution is -2.44. The SMILES string of the molecule is [CH2-]N1CCN(c2ccc(C)nn2)CC1. The first-order valence-corrected chi connectivity index (χ1v) is 4.86. The van der Waals surface area contributed by atoms with Crippen molar-refractivity contribution in [2.45, 2.75) is 6.92 Å². The van der Waals surface area contributed by atoms with Crippen molar-refractivity contribution >= 4 is 5.82 Å². The summed E-state index contributed by atoms with van der Waals surface area (Å²) in [5.41, 5.74) is 0.963. The van der Waals surface area contributed by atoms with Gasteiger partial charge in [-0.2, -0.15) is 5.10 Å². The molecular formula is C10H15N4-. The van der Waals surface area contributed by atoms with Crippen LogP contribution in [0.2, 0.25) is 0 Å². The monoisotopic (exact) mass is 191 g/mol. The van der Waals surface area contributed by atoms with Crippen LogP contribution in [0.25, 0.3) is 0 Å². The van der Waals surface area contributed by atoms with Crippen molar-refractivity contribution in [3.63, 3.8) is 0 Å². The third-order valence-electron chi connectivity index (χ3n) is 2.48. The van der Waals surface area contributed by atoms with Crippen molar-refractivity contribution in [2.75, 3.05) is 31.1 Å². The normalized spacial score (nSPS) is 18.6. The molecule has 0 radical (unpaired) electrons. The zero-order valence-electron chi connectivity index (χ0n) is 8.48. The Balaban J connectivity index is 2.05. The van der Waals surface area contributed by atoms with Crippen LogP contribution in [0.5, 0.6) is 0 Å². The third kappa shape index (κ3) is 2.01. The molecule has 4 nitrogen and oxygen atoms in total. The second-order valence-corrected chi connectivity index (χ2v) is 3.64. The summed E-state index contributed by atoms with van der Waals surface area (Å²) in [5.74, 6) is 0.976. The van der Waals surface area contributed by atoms with Gasteiger partial charge >= 0.3 is 0 Å². The second-order valence-electron chi connectivity index (χ2n) is 3.64. The van der Waals surface area contributed by atoms with Crippen LogP contribution < -0.4 is 4.90 Å². The Morgan fingerprint density at radius 3 is 2.43 bits per heavy atom. The predicted octanol–water partition coefficient (Wildman–Crippen LogP) is 0.699. The van der Waals surface area contributed by atoms with Gasteiger partial charge in [0, 0.05) is 13.1 Å². The standard InChI is InChI=1S/C10H15N4/c1-9-3-4-10(12-11-9)14-7-5-13(2)6-8-14/h3-4H,2,5-8H2,1H3/q-1. The minimum atomic E-state index is 0.963. The van der Waals surface area contributed by atoms with Crippen molar-refractivity contribution in [3.8, 4) is 0 Å². The summed E-state index contributed by atoms with van der Waals surface area (Å²) >= 11 is 0. The lowest BCUT2D eigenvalue weighted by Gasteiger charge is -2.37. The summed E-state index contributed by atoms with van der Waals surface area (Å²) in [4.78, 5) is 4.33. The molecule has 0 bridgehead atoms. The van der Waals surface area contributed by atoms with Gasteiger partial charge in [-0.3, -0.25) is 7.05 Å². The maximum absolute atomic E-state index is 4.16. The van der Waals surface area contributed by atoms with E-state index in [1.54, 1.807) is 0 Å². The van der Waals surface area contributed by atoms with Gasteiger partial charge in [-0.25, -0.2) is 0 Å². The summed E-state index contributed by atoms with van der Waals surface area (Å²) in [6.45, 7) is 5.91. The van der Waals surface area contributed by atoms with Crippen LogP contribution in [-0.4, -0.2) is 41.3 Å². The van der Waals surface area contributed by atoms with Crippen LogP contribution in [0.3, 0.4) is 0 Å². The molecule has 14 heavy (non-hydrogen) atoms. The predicted molar refractivity (Wildman–Crippen MR) is 55.9 cm³/mol. The molecule has 1 saturated heterocycles. The molecule has 76 valence electrons. The van der Waals surface area contributed by atoms with E-state index < -0.39 is 0 Å². The topological polar surface area (TPSA) is 32.3 Å². The van der Waals surface area contributed by atoms with E-state index in [-0.39, 0.29) is 0 Å². The molecule has 0 amide bonds. The molecule has 1 aromatic heterocycles. The summed E-state index contributed by atoms with van der Waals surface area (Å²) in [5, 5.41) is 8.22. The Kier molecular flexibility index (Phi) is 2.63. The van der Waals surface area contributed by atoms with Crippen molar-refractivity contribution in [1.82, 2.24) is 15.1 Å². The Morgan fingerprint density at radius 2 is 1.86 bits per heavy atom. The Labute approximate surface area is 84.5 Å². The summed E-state index contributed by atoms with van der Waals surface area (Å²) < 4.78 is 0. The van der Waals surface area contributed by atoms with E-state index in [9.17, 15) is 0 Å². The highest BCUT2D eigenvalue weighted by atomic mass is 15.3. The molecule has 0 spiro atoms. The average molecular weight is 191 g/mol. The average Bonchev–Trinajstić information content (AvgIpc) is 2.21. The fourth-order valence-electron chi connectivity index (χ4n) is 1.54. The first kappa shape index (κ1) is 9.40. The zero-order chi connectivity index (χ0) is 9.97. The molecule has 1 aromatic rings. The zero-order valence-corrected chi connectivity index (χ0v) is 8.48. The molecule has 1 aliphatic heterocycles.